The van der Waals surface area contributed by atoms with Crippen LogP contribution in [-0.4, -0.2) is 37.8 Å². The molecule has 0 fully saturated rings. The lowest BCUT2D eigenvalue weighted by Crippen LogP contribution is -2.29. The highest BCUT2D eigenvalue weighted by atomic mass is 16.4. The summed E-state index contributed by atoms with van der Waals surface area (Å²) < 4.78 is 8.81. The Balaban J connectivity index is 1.80. The minimum atomic E-state index is -0.943. The highest BCUT2D eigenvalue weighted by Gasteiger charge is 2.23. The van der Waals surface area contributed by atoms with Crippen molar-refractivity contribution in [3.05, 3.63) is 95.0 Å². The number of rotatable bonds is 5. The van der Waals surface area contributed by atoms with Crippen molar-refractivity contribution in [3.63, 3.8) is 0 Å². The van der Waals surface area contributed by atoms with Gasteiger partial charge in [0, 0.05) is 36.5 Å². The van der Waals surface area contributed by atoms with Gasteiger partial charge in [0.2, 0.25) is 5.36 Å². The predicted molar refractivity (Wildman–Crippen MR) is 142 cm³/mol. The van der Waals surface area contributed by atoms with Crippen LogP contribution >= 0.6 is 0 Å². The Morgan fingerprint density at radius 3 is 2.43 bits per heavy atom. The average Bonchev–Trinajstić information content (AvgIpc) is 2.88. The Morgan fingerprint density at radius 1 is 0.914 bits per heavy atom. The molecule has 0 saturated carbocycles. The van der Waals surface area contributed by atoms with Crippen LogP contribution in [0.25, 0.3) is 34.1 Å². The van der Waals surface area contributed by atoms with Crippen LogP contribution in [0.2, 0.25) is 0 Å². The van der Waals surface area contributed by atoms with Crippen LogP contribution < -0.4 is 14.8 Å². The van der Waals surface area contributed by atoms with E-state index in [9.17, 15) is 9.90 Å². The molecule has 0 unspecified atom stereocenters. The van der Waals surface area contributed by atoms with Gasteiger partial charge in [0.1, 0.15) is 24.6 Å². The van der Waals surface area contributed by atoms with Gasteiger partial charge in [-0.1, -0.05) is 36.4 Å². The summed E-state index contributed by atoms with van der Waals surface area (Å²) in [5.41, 5.74) is 6.07. The number of para-hydroxylation sites is 1. The number of aromatic carboxylic acids is 1. The van der Waals surface area contributed by atoms with E-state index in [1.54, 1.807) is 12.1 Å². The second-order valence-electron chi connectivity index (χ2n) is 8.81. The third-order valence-corrected chi connectivity index (χ3v) is 6.73. The number of nitrogens with zero attached hydrogens (tertiary/aromatic N) is 2. The first-order valence-electron chi connectivity index (χ1n) is 12.0. The number of hydrogen-bond donors (Lipinski definition) is 1. The molecule has 0 spiro atoms. The lowest BCUT2D eigenvalue weighted by Gasteiger charge is -2.28. The van der Waals surface area contributed by atoms with Gasteiger partial charge in [0.25, 0.3) is 0 Å². The summed E-state index contributed by atoms with van der Waals surface area (Å²) in [4.78, 5) is 14.3. The molecule has 2 aliphatic heterocycles. The van der Waals surface area contributed by atoms with E-state index in [-0.39, 0.29) is 5.56 Å². The van der Waals surface area contributed by atoms with Crippen molar-refractivity contribution < 1.29 is 14.3 Å². The van der Waals surface area contributed by atoms with Gasteiger partial charge in [0.05, 0.1) is 11.6 Å². The van der Waals surface area contributed by atoms with Gasteiger partial charge in [-0.05, 0) is 60.9 Å². The lowest BCUT2D eigenvalue weighted by molar-refractivity contribution is 0.0697. The first-order valence-corrected chi connectivity index (χ1v) is 12.0. The molecule has 0 radical (unpaired) electrons. The Hall–Kier alpha value is -4.12. The predicted octanol–water partition coefficient (Wildman–Crippen LogP) is 5.55. The quantitative estimate of drug-likeness (QED) is 0.393. The van der Waals surface area contributed by atoms with E-state index >= 15 is 0 Å². The van der Waals surface area contributed by atoms with E-state index in [2.05, 4.69) is 60.7 Å². The normalized spacial score (nSPS) is 12.9. The van der Waals surface area contributed by atoms with Crippen molar-refractivity contribution >= 4 is 23.3 Å². The topological polar surface area (TPSA) is 56.7 Å². The summed E-state index contributed by atoms with van der Waals surface area (Å²) in [6, 6.07) is 23.7. The monoisotopic (exact) mass is 465 g/mol. The number of carboxylic acids is 1. The third-order valence-electron chi connectivity index (χ3n) is 6.73. The third kappa shape index (κ3) is 4.14. The summed E-state index contributed by atoms with van der Waals surface area (Å²) >= 11 is 0. The fourth-order valence-electron chi connectivity index (χ4n) is 4.93. The van der Waals surface area contributed by atoms with Gasteiger partial charge in [0.15, 0.2) is 0 Å². The van der Waals surface area contributed by atoms with Crippen LogP contribution in [0.1, 0.15) is 35.5 Å². The van der Waals surface area contributed by atoms with Gasteiger partial charge in [-0.25, -0.2) is 9.37 Å². The van der Waals surface area contributed by atoms with Gasteiger partial charge < -0.3 is 14.4 Å². The maximum Gasteiger partial charge on any atom is 0.336 e. The van der Waals surface area contributed by atoms with E-state index in [0.717, 1.165) is 52.2 Å². The standard InChI is InChI=1S/C30H28N2O3/c1-4-32(5-2)22-14-15-24-26(23-11-7-8-12-25(23)30(33)34)18-28(35-29(24)17-22)21-16-20-10-6-9-13-27(20)31(3)19-21/h6-18H,4-5,19H2,1-3H3/p+1. The summed E-state index contributed by atoms with van der Waals surface area (Å²) in [7, 11) is 2.08. The number of anilines is 1. The van der Waals surface area contributed by atoms with Gasteiger partial charge in [-0.15, -0.1) is 0 Å². The molecule has 35 heavy (non-hydrogen) atoms. The maximum absolute atomic E-state index is 12.1. The summed E-state index contributed by atoms with van der Waals surface area (Å²) in [6.45, 7) is 6.75. The number of carbonyl (C=O) groups is 1. The van der Waals surface area contributed by atoms with Crippen LogP contribution in [0.4, 0.5) is 5.69 Å². The van der Waals surface area contributed by atoms with E-state index in [0.29, 0.717) is 12.1 Å². The van der Waals surface area contributed by atoms with Crippen molar-refractivity contribution in [2.45, 2.75) is 13.8 Å². The molecule has 2 heterocycles. The number of benzene rings is 3. The van der Waals surface area contributed by atoms with E-state index in [1.807, 2.05) is 36.4 Å². The van der Waals surface area contributed by atoms with Crippen LogP contribution in [0.15, 0.2) is 77.2 Å². The van der Waals surface area contributed by atoms with E-state index in [1.165, 1.54) is 5.69 Å². The summed E-state index contributed by atoms with van der Waals surface area (Å²) in [5, 5.41) is 11.0. The second-order valence-corrected chi connectivity index (χ2v) is 8.81. The van der Waals surface area contributed by atoms with Crippen LogP contribution in [0.5, 0.6) is 0 Å². The fourth-order valence-corrected chi connectivity index (χ4v) is 4.93. The largest absolute Gasteiger partial charge is 0.478 e. The molecule has 1 aliphatic carbocycles. The number of hydrogen-bond acceptors (Lipinski definition) is 3. The second kappa shape index (κ2) is 9.26. The molecule has 0 amide bonds. The molecule has 5 rings (SSSR count). The Kier molecular flexibility index (Phi) is 6.00. The van der Waals surface area contributed by atoms with Crippen molar-refractivity contribution in [2.75, 3.05) is 31.6 Å². The smallest absolute Gasteiger partial charge is 0.336 e. The molecular formula is C30H29N2O3+. The molecule has 2 aromatic carbocycles. The SMILES string of the molecule is CC[N+](CC)=c1ccc2c(-c3ccccc3C(=O)O)cc(C3=Cc4ccccc4N(C)C3)oc-2c1. The summed E-state index contributed by atoms with van der Waals surface area (Å²) in [5.74, 6) is 0.539. The van der Waals surface area contributed by atoms with Crippen LogP contribution in [0, 0.1) is 0 Å². The molecule has 0 bridgehead atoms. The molecule has 0 saturated heterocycles. The number of fused-ring (bicyclic) bond motifs is 2. The fraction of sp³-hybridized carbons (Fsp3) is 0.200. The molecule has 1 N–H and O–H groups in total. The summed E-state index contributed by atoms with van der Waals surface area (Å²) in [6.07, 6.45) is 2.17. The molecule has 5 nitrogen and oxygen atoms in total. The highest BCUT2D eigenvalue weighted by molar-refractivity contribution is 5.99. The van der Waals surface area contributed by atoms with Crippen LogP contribution in [0.3, 0.4) is 0 Å². The Morgan fingerprint density at radius 2 is 1.66 bits per heavy atom. The zero-order valence-electron chi connectivity index (χ0n) is 20.3. The number of likely N-dealkylation sites (N-methyl/N-ethyl adjacent to an activating group) is 1. The minimum Gasteiger partial charge on any atom is -0.478 e. The first kappa shape index (κ1) is 22.7. The van der Waals surface area contributed by atoms with Gasteiger partial charge >= 0.3 is 5.97 Å². The molecule has 0 aromatic heterocycles. The van der Waals surface area contributed by atoms with Crippen molar-refractivity contribution in [3.8, 4) is 22.5 Å². The Bertz CT molecular complexity index is 1490. The molecule has 0 atom stereocenters. The van der Waals surface area contributed by atoms with Crippen molar-refractivity contribution in [2.24, 2.45) is 0 Å². The Labute approximate surface area is 205 Å². The average molecular weight is 466 g/mol. The lowest BCUT2D eigenvalue weighted by atomic mass is 9.92. The minimum absolute atomic E-state index is 0.277. The first-order chi connectivity index (χ1) is 17.0. The maximum atomic E-state index is 12.1. The zero-order valence-corrected chi connectivity index (χ0v) is 20.3. The van der Waals surface area contributed by atoms with Gasteiger partial charge in [-0.3, -0.25) is 0 Å². The molecular weight excluding hydrogens is 436 g/mol. The van der Waals surface area contributed by atoms with E-state index < -0.39 is 5.97 Å². The zero-order chi connectivity index (χ0) is 24.5. The van der Waals surface area contributed by atoms with Crippen LogP contribution in [-0.2, 0) is 0 Å². The van der Waals surface area contributed by atoms with Crippen molar-refractivity contribution in [1.82, 2.24) is 4.58 Å². The molecule has 5 heteroatoms. The van der Waals surface area contributed by atoms with Gasteiger partial charge in [-0.2, -0.15) is 0 Å². The molecule has 3 aliphatic rings. The highest BCUT2D eigenvalue weighted by Crippen LogP contribution is 2.39. The van der Waals surface area contributed by atoms with Crippen molar-refractivity contribution in [1.29, 1.82) is 0 Å². The molecule has 176 valence electrons. The molecule has 2 aromatic rings. The van der Waals surface area contributed by atoms with E-state index in [4.69, 9.17) is 4.42 Å². The number of carboxylic acid groups (broad SMARTS) is 1.